The van der Waals surface area contributed by atoms with Crippen LogP contribution in [0.3, 0.4) is 0 Å². The van der Waals surface area contributed by atoms with E-state index in [0.29, 0.717) is 0 Å². The fourth-order valence-corrected chi connectivity index (χ4v) is 5.88. The van der Waals surface area contributed by atoms with Gasteiger partial charge in [-0.3, -0.25) is 9.59 Å². The van der Waals surface area contributed by atoms with E-state index in [9.17, 15) is 14.4 Å². The molecule has 224 valence electrons. The van der Waals surface area contributed by atoms with E-state index in [0.717, 1.165) is 5.56 Å². The van der Waals surface area contributed by atoms with Crippen LogP contribution in [0.15, 0.2) is 40.6 Å². The first-order valence-electron chi connectivity index (χ1n) is 13.1. The molecule has 1 fully saturated rings. The molecule has 1 saturated carbocycles. The quantitative estimate of drug-likeness (QED) is 0.0855. The first-order valence-corrected chi connectivity index (χ1v) is 16.0. The summed E-state index contributed by atoms with van der Waals surface area (Å²) in [5.41, 5.74) is 17.2. The molecule has 1 N–H and O–H groups in total. The van der Waals surface area contributed by atoms with Crippen LogP contribution in [0.4, 0.5) is 4.79 Å². The number of hydrogen-bond donors (Lipinski definition) is 1. The SMILES string of the molecule is COC(=O)C1[C@H](CN=[N+]=[N-])[C@@H](CN=[N+]=[N-])[C@H](OC(C)=O)[C@@]1(CO[Si](C)(C)C(C)(C)C)NC(=O)OCc1ccccc1. The van der Waals surface area contributed by atoms with E-state index in [1.54, 1.807) is 24.3 Å². The third-order valence-corrected chi connectivity index (χ3v) is 12.4. The molecule has 1 aliphatic carbocycles. The maximum atomic E-state index is 13.5. The van der Waals surface area contributed by atoms with E-state index in [4.69, 9.17) is 29.7 Å². The van der Waals surface area contributed by atoms with Crippen LogP contribution in [0.25, 0.3) is 20.9 Å². The molecule has 1 aliphatic rings. The fraction of sp³-hybridized carbons (Fsp3) is 0.654. The van der Waals surface area contributed by atoms with Crippen molar-refractivity contribution in [2.75, 3.05) is 26.8 Å². The Morgan fingerprint density at radius 2 is 1.63 bits per heavy atom. The second kappa shape index (κ2) is 14.2. The molecule has 0 aliphatic heterocycles. The zero-order valence-corrected chi connectivity index (χ0v) is 25.6. The molecule has 2 rings (SSSR count). The largest absolute Gasteiger partial charge is 0.469 e. The van der Waals surface area contributed by atoms with Gasteiger partial charge in [0.05, 0.1) is 19.6 Å². The lowest BCUT2D eigenvalue weighted by Crippen LogP contribution is -2.65. The number of benzene rings is 1. The Hall–Kier alpha value is -3.77. The average Bonchev–Trinajstić information content (AvgIpc) is 3.15. The van der Waals surface area contributed by atoms with E-state index in [1.165, 1.54) is 14.0 Å². The molecular weight excluding hydrogens is 550 g/mol. The number of carbonyl (C=O) groups excluding carboxylic acids is 3. The van der Waals surface area contributed by atoms with E-state index < -0.39 is 55.7 Å². The van der Waals surface area contributed by atoms with Crippen molar-refractivity contribution in [2.24, 2.45) is 28.0 Å². The van der Waals surface area contributed by atoms with Crippen molar-refractivity contribution in [3.8, 4) is 0 Å². The molecule has 0 heterocycles. The zero-order chi connectivity index (χ0) is 30.8. The van der Waals surface area contributed by atoms with Crippen LogP contribution in [0.5, 0.6) is 0 Å². The van der Waals surface area contributed by atoms with Gasteiger partial charge in [-0.2, -0.15) is 0 Å². The molecular formula is C26H39N7O7Si. The predicted octanol–water partition coefficient (Wildman–Crippen LogP) is 5.26. The van der Waals surface area contributed by atoms with Crippen LogP contribution in [0, 0.1) is 17.8 Å². The van der Waals surface area contributed by atoms with Gasteiger partial charge in [0.15, 0.2) is 8.32 Å². The van der Waals surface area contributed by atoms with Gasteiger partial charge in [0.25, 0.3) is 0 Å². The summed E-state index contributed by atoms with van der Waals surface area (Å²) < 4.78 is 23.0. The van der Waals surface area contributed by atoms with Crippen molar-refractivity contribution in [3.63, 3.8) is 0 Å². The summed E-state index contributed by atoms with van der Waals surface area (Å²) in [5, 5.41) is 9.92. The molecule has 0 spiro atoms. The summed E-state index contributed by atoms with van der Waals surface area (Å²) >= 11 is 0. The molecule has 1 aromatic carbocycles. The van der Waals surface area contributed by atoms with Crippen LogP contribution in [0.2, 0.25) is 18.1 Å². The molecule has 1 amide bonds. The lowest BCUT2D eigenvalue weighted by atomic mass is 9.82. The zero-order valence-electron chi connectivity index (χ0n) is 24.6. The van der Waals surface area contributed by atoms with E-state index in [-0.39, 0.29) is 31.3 Å². The molecule has 1 aromatic rings. The number of alkyl carbamates (subject to hydrolysis) is 1. The number of nitrogens with zero attached hydrogens (tertiary/aromatic N) is 6. The molecule has 15 heteroatoms. The lowest BCUT2D eigenvalue weighted by molar-refractivity contribution is -0.159. The van der Waals surface area contributed by atoms with Crippen LogP contribution >= 0.6 is 0 Å². The van der Waals surface area contributed by atoms with Crippen LogP contribution in [-0.4, -0.2) is 64.8 Å². The van der Waals surface area contributed by atoms with Gasteiger partial charge < -0.3 is 24.0 Å². The van der Waals surface area contributed by atoms with Crippen LogP contribution in [0.1, 0.15) is 33.3 Å². The molecule has 1 unspecified atom stereocenters. The number of rotatable bonds is 12. The normalized spacial score (nSPS) is 23.9. The first kappa shape index (κ1) is 33.4. The van der Waals surface area contributed by atoms with Crippen molar-refractivity contribution in [1.82, 2.24) is 5.32 Å². The van der Waals surface area contributed by atoms with Gasteiger partial charge in [-0.25, -0.2) is 4.79 Å². The Bertz CT molecular complexity index is 1180. The van der Waals surface area contributed by atoms with Crippen molar-refractivity contribution in [2.45, 2.75) is 64.1 Å². The second-order valence-electron chi connectivity index (χ2n) is 11.5. The highest BCUT2D eigenvalue weighted by Gasteiger charge is 2.66. The third-order valence-electron chi connectivity index (χ3n) is 7.91. The Balaban J connectivity index is 2.73. The van der Waals surface area contributed by atoms with Gasteiger partial charge in [0.1, 0.15) is 18.2 Å². The van der Waals surface area contributed by atoms with Crippen molar-refractivity contribution in [1.29, 1.82) is 0 Å². The molecule has 41 heavy (non-hydrogen) atoms. The van der Waals surface area contributed by atoms with E-state index in [2.05, 4.69) is 25.4 Å². The highest BCUT2D eigenvalue weighted by Crippen LogP contribution is 2.49. The van der Waals surface area contributed by atoms with Crippen LogP contribution < -0.4 is 5.32 Å². The molecule has 0 aromatic heterocycles. The predicted molar refractivity (Wildman–Crippen MR) is 152 cm³/mol. The van der Waals surface area contributed by atoms with E-state index >= 15 is 0 Å². The van der Waals surface area contributed by atoms with Gasteiger partial charge in [-0.15, -0.1) is 0 Å². The molecule has 5 atom stereocenters. The van der Waals surface area contributed by atoms with Gasteiger partial charge in [0.2, 0.25) is 0 Å². The molecule has 14 nitrogen and oxygen atoms in total. The molecule has 0 bridgehead atoms. The third kappa shape index (κ3) is 8.14. The number of esters is 2. The maximum Gasteiger partial charge on any atom is 0.408 e. The maximum absolute atomic E-state index is 13.5. The molecule has 0 saturated heterocycles. The Morgan fingerprint density at radius 1 is 1.05 bits per heavy atom. The summed E-state index contributed by atoms with van der Waals surface area (Å²) in [4.78, 5) is 45.0. The Kier molecular flexibility index (Phi) is 11.6. The Morgan fingerprint density at radius 3 is 2.15 bits per heavy atom. The van der Waals surface area contributed by atoms with Crippen molar-refractivity contribution in [3.05, 3.63) is 56.8 Å². The number of amides is 1. The van der Waals surface area contributed by atoms with Crippen molar-refractivity contribution < 1.29 is 33.0 Å². The van der Waals surface area contributed by atoms with Crippen LogP contribution in [-0.2, 0) is 34.8 Å². The average molecular weight is 590 g/mol. The number of methoxy groups -OCH3 is 1. The molecule has 0 radical (unpaired) electrons. The minimum absolute atomic E-state index is 0.0721. The number of carbonyl (C=O) groups is 3. The summed E-state index contributed by atoms with van der Waals surface area (Å²) in [6.07, 6.45) is -2.13. The van der Waals surface area contributed by atoms with Gasteiger partial charge in [-0.1, -0.05) is 61.3 Å². The minimum Gasteiger partial charge on any atom is -0.469 e. The number of hydrogen-bond acceptors (Lipinski definition) is 9. The summed E-state index contributed by atoms with van der Waals surface area (Å²) in [6.45, 7) is 10.5. The van der Waals surface area contributed by atoms with Gasteiger partial charge in [0, 0.05) is 35.8 Å². The summed E-state index contributed by atoms with van der Waals surface area (Å²) in [6, 6.07) is 8.99. The smallest absolute Gasteiger partial charge is 0.408 e. The minimum atomic E-state index is -2.53. The topological polar surface area (TPSA) is 198 Å². The van der Waals surface area contributed by atoms with Gasteiger partial charge >= 0.3 is 18.0 Å². The van der Waals surface area contributed by atoms with Crippen molar-refractivity contribution >= 4 is 26.3 Å². The summed E-state index contributed by atoms with van der Waals surface area (Å²) in [5.74, 6) is -4.39. The fourth-order valence-electron chi connectivity index (χ4n) is 4.85. The van der Waals surface area contributed by atoms with E-state index in [1.807, 2.05) is 39.9 Å². The monoisotopic (exact) mass is 589 g/mol. The standard InChI is InChI=1S/C26H39N7O7Si/c1-17(34)40-22-20(14-30-33-28)19(13-29-32-27)21(23(35)37-5)26(22,16-39-41(6,7)25(2,3)4)31-24(36)38-15-18-11-9-8-10-12-18/h8-12,19-22H,13-16H2,1-7H3,(H,31,36)/t19-,20-,21?,22+,26+/m1/s1. The number of azide groups is 2. The number of ether oxygens (including phenoxy) is 3. The summed E-state index contributed by atoms with van der Waals surface area (Å²) in [7, 11) is -1.35. The highest BCUT2D eigenvalue weighted by molar-refractivity contribution is 6.74. The number of nitrogens with one attached hydrogen (secondary N) is 1. The highest BCUT2D eigenvalue weighted by atomic mass is 28.4. The van der Waals surface area contributed by atoms with Gasteiger partial charge in [-0.05, 0) is 40.7 Å². The first-order chi connectivity index (χ1) is 19.2. The lowest BCUT2D eigenvalue weighted by Gasteiger charge is -2.44. The Labute approximate surface area is 240 Å². The second-order valence-corrected chi connectivity index (χ2v) is 16.3.